The van der Waals surface area contributed by atoms with Crippen molar-refractivity contribution in [2.45, 2.75) is 19.4 Å². The fraction of sp³-hybridized carbons (Fsp3) is 0.583. The SMILES string of the molecule is c1ccc(CNCC2CCNCC2)nc1. The fourth-order valence-corrected chi connectivity index (χ4v) is 1.99. The van der Waals surface area contributed by atoms with Gasteiger partial charge in [-0.05, 0) is 50.5 Å². The second-order valence-electron chi connectivity index (χ2n) is 4.15. The van der Waals surface area contributed by atoms with Crippen LogP contribution in [-0.4, -0.2) is 24.6 Å². The standard InChI is InChI=1S/C12H19N3/c1-2-6-15-12(3-1)10-14-9-11-4-7-13-8-5-11/h1-3,6,11,13-14H,4-5,7-10H2. The third-order valence-corrected chi connectivity index (χ3v) is 2.92. The van der Waals surface area contributed by atoms with Crippen LogP contribution in [-0.2, 0) is 6.54 Å². The average Bonchev–Trinajstić information content (AvgIpc) is 2.32. The molecule has 3 heteroatoms. The summed E-state index contributed by atoms with van der Waals surface area (Å²) in [5.41, 5.74) is 1.13. The molecule has 0 radical (unpaired) electrons. The molecule has 0 atom stereocenters. The molecule has 1 aromatic rings. The summed E-state index contributed by atoms with van der Waals surface area (Å²) in [4.78, 5) is 4.29. The van der Waals surface area contributed by atoms with Gasteiger partial charge in [-0.3, -0.25) is 4.98 Å². The fourth-order valence-electron chi connectivity index (χ4n) is 1.99. The predicted molar refractivity (Wildman–Crippen MR) is 61.5 cm³/mol. The van der Waals surface area contributed by atoms with Gasteiger partial charge in [0.05, 0.1) is 5.69 Å². The van der Waals surface area contributed by atoms with Crippen molar-refractivity contribution >= 4 is 0 Å². The molecule has 2 N–H and O–H groups in total. The maximum atomic E-state index is 4.29. The van der Waals surface area contributed by atoms with Gasteiger partial charge in [-0.15, -0.1) is 0 Å². The summed E-state index contributed by atoms with van der Waals surface area (Å²) in [7, 11) is 0. The molecule has 1 fully saturated rings. The maximum absolute atomic E-state index is 4.29. The number of rotatable bonds is 4. The Morgan fingerprint density at radius 3 is 2.93 bits per heavy atom. The lowest BCUT2D eigenvalue weighted by atomic mass is 9.98. The van der Waals surface area contributed by atoms with E-state index < -0.39 is 0 Å². The molecule has 3 nitrogen and oxygen atoms in total. The van der Waals surface area contributed by atoms with E-state index in [0.29, 0.717) is 0 Å². The highest BCUT2D eigenvalue weighted by molar-refractivity contribution is 5.02. The smallest absolute Gasteiger partial charge is 0.0541 e. The quantitative estimate of drug-likeness (QED) is 0.775. The van der Waals surface area contributed by atoms with Crippen LogP contribution in [0, 0.1) is 5.92 Å². The number of hydrogen-bond donors (Lipinski definition) is 2. The number of hydrogen-bond acceptors (Lipinski definition) is 3. The Morgan fingerprint density at radius 2 is 2.20 bits per heavy atom. The molecule has 0 amide bonds. The van der Waals surface area contributed by atoms with E-state index in [0.717, 1.165) is 24.7 Å². The van der Waals surface area contributed by atoms with E-state index in [-0.39, 0.29) is 0 Å². The lowest BCUT2D eigenvalue weighted by Crippen LogP contribution is -2.33. The second-order valence-corrected chi connectivity index (χ2v) is 4.15. The van der Waals surface area contributed by atoms with Crippen molar-refractivity contribution in [3.05, 3.63) is 30.1 Å². The number of nitrogens with one attached hydrogen (secondary N) is 2. The molecule has 0 spiro atoms. The molecule has 0 aromatic carbocycles. The normalized spacial score (nSPS) is 17.9. The van der Waals surface area contributed by atoms with Crippen LogP contribution in [0.1, 0.15) is 18.5 Å². The molecule has 0 bridgehead atoms. The zero-order valence-corrected chi connectivity index (χ0v) is 9.08. The van der Waals surface area contributed by atoms with Crippen LogP contribution in [0.3, 0.4) is 0 Å². The van der Waals surface area contributed by atoms with Gasteiger partial charge in [0.1, 0.15) is 0 Å². The topological polar surface area (TPSA) is 37.0 Å². The van der Waals surface area contributed by atoms with Crippen LogP contribution >= 0.6 is 0 Å². The van der Waals surface area contributed by atoms with Crippen LogP contribution < -0.4 is 10.6 Å². The monoisotopic (exact) mass is 205 g/mol. The zero-order chi connectivity index (χ0) is 10.3. The molecule has 2 heterocycles. The van der Waals surface area contributed by atoms with E-state index >= 15 is 0 Å². The molecule has 1 aliphatic rings. The van der Waals surface area contributed by atoms with Crippen molar-refractivity contribution in [1.29, 1.82) is 0 Å². The molecule has 1 aromatic heterocycles. The van der Waals surface area contributed by atoms with E-state index in [2.05, 4.69) is 21.7 Å². The first-order chi connectivity index (χ1) is 7.45. The van der Waals surface area contributed by atoms with Gasteiger partial charge < -0.3 is 10.6 Å². The molecule has 15 heavy (non-hydrogen) atoms. The van der Waals surface area contributed by atoms with Crippen LogP contribution in [0.15, 0.2) is 24.4 Å². The zero-order valence-electron chi connectivity index (χ0n) is 9.08. The van der Waals surface area contributed by atoms with Gasteiger partial charge in [0.2, 0.25) is 0 Å². The van der Waals surface area contributed by atoms with E-state index in [1.54, 1.807) is 0 Å². The lowest BCUT2D eigenvalue weighted by molar-refractivity contribution is 0.356. The van der Waals surface area contributed by atoms with Gasteiger partial charge in [0.25, 0.3) is 0 Å². The van der Waals surface area contributed by atoms with Gasteiger partial charge in [0.15, 0.2) is 0 Å². The summed E-state index contributed by atoms with van der Waals surface area (Å²) in [6.07, 6.45) is 4.45. The van der Waals surface area contributed by atoms with Crippen molar-refractivity contribution in [1.82, 2.24) is 15.6 Å². The number of aromatic nitrogens is 1. The van der Waals surface area contributed by atoms with E-state index in [1.807, 2.05) is 18.3 Å². The van der Waals surface area contributed by atoms with Crippen molar-refractivity contribution in [2.24, 2.45) is 5.92 Å². The number of pyridine rings is 1. The van der Waals surface area contributed by atoms with Crippen molar-refractivity contribution in [3.63, 3.8) is 0 Å². The Morgan fingerprint density at radius 1 is 1.33 bits per heavy atom. The lowest BCUT2D eigenvalue weighted by Gasteiger charge is -2.22. The van der Waals surface area contributed by atoms with Gasteiger partial charge in [-0.2, -0.15) is 0 Å². The Bertz CT molecular complexity index is 267. The minimum absolute atomic E-state index is 0.843. The molecule has 0 unspecified atom stereocenters. The van der Waals surface area contributed by atoms with Gasteiger partial charge in [-0.25, -0.2) is 0 Å². The molecular weight excluding hydrogens is 186 g/mol. The largest absolute Gasteiger partial charge is 0.317 e. The first kappa shape index (κ1) is 10.6. The molecule has 0 aliphatic carbocycles. The summed E-state index contributed by atoms with van der Waals surface area (Å²) in [5.74, 6) is 0.843. The third-order valence-electron chi connectivity index (χ3n) is 2.92. The van der Waals surface area contributed by atoms with Crippen LogP contribution in [0.2, 0.25) is 0 Å². The third kappa shape index (κ3) is 3.61. The van der Waals surface area contributed by atoms with Gasteiger partial charge in [-0.1, -0.05) is 6.07 Å². The van der Waals surface area contributed by atoms with Gasteiger partial charge in [0, 0.05) is 12.7 Å². The minimum Gasteiger partial charge on any atom is -0.317 e. The molecular formula is C12H19N3. The first-order valence-corrected chi connectivity index (χ1v) is 5.76. The maximum Gasteiger partial charge on any atom is 0.0541 e. The highest BCUT2D eigenvalue weighted by atomic mass is 14.9. The molecule has 1 aliphatic heterocycles. The summed E-state index contributed by atoms with van der Waals surface area (Å²) in [6.45, 7) is 4.37. The van der Waals surface area contributed by atoms with E-state index in [9.17, 15) is 0 Å². The van der Waals surface area contributed by atoms with Crippen LogP contribution in [0.5, 0.6) is 0 Å². The summed E-state index contributed by atoms with van der Waals surface area (Å²) in [6, 6.07) is 6.06. The Kier molecular flexibility index (Phi) is 4.11. The Hall–Kier alpha value is -0.930. The highest BCUT2D eigenvalue weighted by Gasteiger charge is 2.11. The molecule has 0 saturated carbocycles. The first-order valence-electron chi connectivity index (χ1n) is 5.76. The number of piperidine rings is 1. The van der Waals surface area contributed by atoms with Crippen molar-refractivity contribution in [2.75, 3.05) is 19.6 Å². The molecule has 82 valence electrons. The summed E-state index contributed by atoms with van der Waals surface area (Å²) >= 11 is 0. The van der Waals surface area contributed by atoms with Gasteiger partial charge >= 0.3 is 0 Å². The van der Waals surface area contributed by atoms with Crippen LogP contribution in [0.25, 0.3) is 0 Å². The Labute approximate surface area is 91.3 Å². The summed E-state index contributed by atoms with van der Waals surface area (Å²) < 4.78 is 0. The van der Waals surface area contributed by atoms with Crippen molar-refractivity contribution in [3.8, 4) is 0 Å². The average molecular weight is 205 g/mol. The molecule has 1 saturated heterocycles. The minimum atomic E-state index is 0.843. The predicted octanol–water partition coefficient (Wildman–Crippen LogP) is 1.17. The summed E-state index contributed by atoms with van der Waals surface area (Å²) in [5, 5.41) is 6.86. The van der Waals surface area contributed by atoms with E-state index in [4.69, 9.17) is 0 Å². The highest BCUT2D eigenvalue weighted by Crippen LogP contribution is 2.09. The van der Waals surface area contributed by atoms with Crippen LogP contribution in [0.4, 0.5) is 0 Å². The number of nitrogens with zero attached hydrogens (tertiary/aromatic N) is 1. The molecule has 2 rings (SSSR count). The van der Waals surface area contributed by atoms with Crippen molar-refractivity contribution < 1.29 is 0 Å². The van der Waals surface area contributed by atoms with E-state index in [1.165, 1.54) is 25.9 Å². The second kappa shape index (κ2) is 5.83. The Balaban J connectivity index is 1.66.